The number of aryl methyl sites for hydroxylation is 2. The van der Waals surface area contributed by atoms with Crippen molar-refractivity contribution in [1.82, 2.24) is 10.1 Å². The van der Waals surface area contributed by atoms with Gasteiger partial charge in [-0.3, -0.25) is 4.79 Å². The summed E-state index contributed by atoms with van der Waals surface area (Å²) in [6.45, 7) is 3.85. The fourth-order valence-corrected chi connectivity index (χ4v) is 3.23. The van der Waals surface area contributed by atoms with Gasteiger partial charge in [-0.1, -0.05) is 59.3 Å². The van der Waals surface area contributed by atoms with E-state index in [2.05, 4.69) is 10.1 Å². The molecule has 0 aliphatic heterocycles. The van der Waals surface area contributed by atoms with Gasteiger partial charge in [-0.25, -0.2) is 0 Å². The van der Waals surface area contributed by atoms with E-state index in [1.165, 1.54) is 5.56 Å². The number of carbonyl (C=O) groups is 1. The molecule has 0 bridgehead atoms. The number of hydrogen-bond donors (Lipinski definition) is 0. The molecular weight excluding hydrogens is 312 g/mol. The van der Waals surface area contributed by atoms with Gasteiger partial charge in [0.25, 0.3) is 0 Å². The average molecular weight is 332 g/mol. The molecule has 126 valence electrons. The van der Waals surface area contributed by atoms with Crippen LogP contribution >= 0.6 is 0 Å². The lowest BCUT2D eigenvalue weighted by Gasteiger charge is -2.11. The molecule has 0 amide bonds. The summed E-state index contributed by atoms with van der Waals surface area (Å²) in [6, 6.07) is 16.0. The highest BCUT2D eigenvalue weighted by molar-refractivity contribution is 5.97. The van der Waals surface area contributed by atoms with Crippen LogP contribution in [0.2, 0.25) is 0 Å². The minimum absolute atomic E-state index is 0.129. The number of ketones is 1. The highest BCUT2D eigenvalue weighted by atomic mass is 16.5. The van der Waals surface area contributed by atoms with Crippen LogP contribution in [-0.4, -0.2) is 15.9 Å². The fraction of sp³-hybridized carbons (Fsp3) is 0.286. The van der Waals surface area contributed by atoms with Crippen molar-refractivity contribution in [2.75, 3.05) is 0 Å². The average Bonchev–Trinajstić information content (AvgIpc) is 3.32. The van der Waals surface area contributed by atoms with Crippen LogP contribution in [0.4, 0.5) is 0 Å². The molecule has 0 unspecified atom stereocenters. The summed E-state index contributed by atoms with van der Waals surface area (Å²) < 4.78 is 5.13. The summed E-state index contributed by atoms with van der Waals surface area (Å²) in [5.74, 6) is 1.48. The van der Waals surface area contributed by atoms with E-state index in [4.69, 9.17) is 4.52 Å². The van der Waals surface area contributed by atoms with Gasteiger partial charge < -0.3 is 4.52 Å². The summed E-state index contributed by atoms with van der Waals surface area (Å²) >= 11 is 0. The summed E-state index contributed by atoms with van der Waals surface area (Å²) in [6.07, 6.45) is 2.46. The quantitative estimate of drug-likeness (QED) is 0.657. The second-order valence-corrected chi connectivity index (χ2v) is 6.88. The molecule has 0 N–H and O–H groups in total. The highest BCUT2D eigenvalue weighted by Crippen LogP contribution is 2.52. The van der Waals surface area contributed by atoms with E-state index < -0.39 is 0 Å². The number of hydrogen-bond acceptors (Lipinski definition) is 4. The van der Waals surface area contributed by atoms with Gasteiger partial charge in [0.1, 0.15) is 0 Å². The van der Waals surface area contributed by atoms with Crippen LogP contribution in [0.3, 0.4) is 0 Å². The standard InChI is InChI=1S/C21H20N2O2/c1-14-3-5-16(6-4-14)13-19(24)17-7-9-18(10-8-17)21(11-12-21)20-22-15(2)25-23-20/h3-10H,11-13H2,1-2H3. The van der Waals surface area contributed by atoms with Crippen LogP contribution in [0.15, 0.2) is 53.1 Å². The van der Waals surface area contributed by atoms with E-state index in [9.17, 15) is 4.79 Å². The Labute approximate surface area is 146 Å². The molecule has 25 heavy (non-hydrogen) atoms. The Hall–Kier alpha value is -2.75. The van der Waals surface area contributed by atoms with Gasteiger partial charge in [-0.05, 0) is 30.9 Å². The molecule has 2 aromatic carbocycles. The molecule has 0 saturated heterocycles. The molecule has 3 aromatic rings. The third-order valence-corrected chi connectivity index (χ3v) is 4.95. The SMILES string of the molecule is Cc1ccc(CC(=O)c2ccc(C3(c4noc(C)n4)CC3)cc2)cc1. The number of aromatic nitrogens is 2. The Balaban J connectivity index is 1.52. The van der Waals surface area contributed by atoms with E-state index in [1.54, 1.807) is 6.92 Å². The van der Waals surface area contributed by atoms with Crippen molar-refractivity contribution in [2.45, 2.75) is 38.5 Å². The van der Waals surface area contributed by atoms with Crippen molar-refractivity contribution in [3.8, 4) is 0 Å². The minimum atomic E-state index is -0.129. The Morgan fingerprint density at radius 1 is 1.04 bits per heavy atom. The molecule has 4 rings (SSSR count). The Bertz CT molecular complexity index is 904. The predicted molar refractivity (Wildman–Crippen MR) is 94.7 cm³/mol. The van der Waals surface area contributed by atoms with Crippen LogP contribution < -0.4 is 0 Å². The highest BCUT2D eigenvalue weighted by Gasteiger charge is 2.49. The van der Waals surface area contributed by atoms with E-state index >= 15 is 0 Å². The largest absolute Gasteiger partial charge is 0.340 e. The van der Waals surface area contributed by atoms with Crippen LogP contribution in [0.25, 0.3) is 0 Å². The van der Waals surface area contributed by atoms with Crippen LogP contribution in [-0.2, 0) is 11.8 Å². The Kier molecular flexibility index (Phi) is 3.75. The number of benzene rings is 2. The summed E-state index contributed by atoms with van der Waals surface area (Å²) in [5, 5.41) is 4.09. The van der Waals surface area contributed by atoms with Gasteiger partial charge in [-0.2, -0.15) is 4.98 Å². The van der Waals surface area contributed by atoms with Crippen molar-refractivity contribution in [2.24, 2.45) is 0 Å². The molecule has 0 atom stereocenters. The van der Waals surface area contributed by atoms with Crippen molar-refractivity contribution >= 4 is 5.78 Å². The molecule has 1 fully saturated rings. The monoisotopic (exact) mass is 332 g/mol. The molecule has 0 spiro atoms. The van der Waals surface area contributed by atoms with E-state index in [-0.39, 0.29) is 11.2 Å². The third kappa shape index (κ3) is 3.00. The predicted octanol–water partition coefficient (Wildman–Crippen LogP) is 4.19. The van der Waals surface area contributed by atoms with Gasteiger partial charge in [0.15, 0.2) is 11.6 Å². The van der Waals surface area contributed by atoms with E-state index in [0.717, 1.165) is 35.4 Å². The molecular formula is C21H20N2O2. The first-order valence-electron chi connectivity index (χ1n) is 8.57. The molecule has 1 aromatic heterocycles. The van der Waals surface area contributed by atoms with Crippen molar-refractivity contribution in [3.05, 3.63) is 82.5 Å². The van der Waals surface area contributed by atoms with Crippen LogP contribution in [0, 0.1) is 13.8 Å². The smallest absolute Gasteiger partial charge is 0.223 e. The molecule has 0 radical (unpaired) electrons. The lowest BCUT2D eigenvalue weighted by atomic mass is 9.93. The lowest BCUT2D eigenvalue weighted by Crippen LogP contribution is -2.11. The normalized spacial score (nSPS) is 15.1. The molecule has 1 aliphatic rings. The first kappa shape index (κ1) is 15.8. The first-order chi connectivity index (χ1) is 12.1. The second kappa shape index (κ2) is 5.96. The molecule has 4 heteroatoms. The van der Waals surface area contributed by atoms with Gasteiger partial charge in [0, 0.05) is 18.9 Å². The van der Waals surface area contributed by atoms with Gasteiger partial charge in [-0.15, -0.1) is 0 Å². The third-order valence-electron chi connectivity index (χ3n) is 4.95. The number of carbonyl (C=O) groups excluding carboxylic acids is 1. The summed E-state index contributed by atoms with van der Waals surface area (Å²) in [7, 11) is 0. The maximum absolute atomic E-state index is 12.5. The van der Waals surface area contributed by atoms with Crippen LogP contribution in [0.5, 0.6) is 0 Å². The Morgan fingerprint density at radius 2 is 1.72 bits per heavy atom. The maximum Gasteiger partial charge on any atom is 0.223 e. The number of rotatable bonds is 5. The summed E-state index contributed by atoms with van der Waals surface area (Å²) in [4.78, 5) is 16.9. The van der Waals surface area contributed by atoms with Gasteiger partial charge in [0.2, 0.25) is 5.89 Å². The minimum Gasteiger partial charge on any atom is -0.340 e. The van der Waals surface area contributed by atoms with E-state index in [0.29, 0.717) is 12.3 Å². The van der Waals surface area contributed by atoms with Gasteiger partial charge >= 0.3 is 0 Å². The number of Topliss-reactive ketones (excluding diaryl/α,β-unsaturated/α-hetero) is 1. The zero-order valence-corrected chi connectivity index (χ0v) is 14.5. The fourth-order valence-electron chi connectivity index (χ4n) is 3.23. The van der Waals surface area contributed by atoms with Crippen LogP contribution in [0.1, 0.15) is 51.6 Å². The molecule has 1 heterocycles. The van der Waals surface area contributed by atoms with Crippen molar-refractivity contribution < 1.29 is 9.32 Å². The van der Waals surface area contributed by atoms with Crippen molar-refractivity contribution in [3.63, 3.8) is 0 Å². The van der Waals surface area contributed by atoms with Crippen molar-refractivity contribution in [1.29, 1.82) is 0 Å². The number of nitrogens with zero attached hydrogens (tertiary/aromatic N) is 2. The first-order valence-corrected chi connectivity index (χ1v) is 8.57. The zero-order chi connectivity index (χ0) is 17.4. The second-order valence-electron chi connectivity index (χ2n) is 6.88. The van der Waals surface area contributed by atoms with E-state index in [1.807, 2.05) is 55.5 Å². The maximum atomic E-state index is 12.5. The summed E-state index contributed by atoms with van der Waals surface area (Å²) in [5.41, 5.74) is 4.01. The molecule has 1 aliphatic carbocycles. The van der Waals surface area contributed by atoms with Gasteiger partial charge in [0.05, 0.1) is 5.41 Å². The molecule has 4 nitrogen and oxygen atoms in total. The Morgan fingerprint density at radius 3 is 2.28 bits per heavy atom. The lowest BCUT2D eigenvalue weighted by molar-refractivity contribution is 0.0993. The zero-order valence-electron chi connectivity index (χ0n) is 14.5. The topological polar surface area (TPSA) is 56.0 Å². The molecule has 1 saturated carbocycles.